The second-order valence-electron chi connectivity index (χ2n) is 11.8. The monoisotopic (exact) mass is 500 g/mol. The molecule has 0 bridgehead atoms. The van der Waals surface area contributed by atoms with Crippen molar-refractivity contribution in [3.63, 3.8) is 0 Å². The summed E-state index contributed by atoms with van der Waals surface area (Å²) in [5, 5.41) is 2.91. The number of hydrogen-bond donors (Lipinski definition) is 0. The second kappa shape index (κ2) is 8.20. The molecule has 2 heteroatoms. The van der Waals surface area contributed by atoms with Gasteiger partial charge in [-0.1, -0.05) is 73.7 Å². The molecule has 1 fully saturated rings. The van der Waals surface area contributed by atoms with Gasteiger partial charge in [0.05, 0.1) is 0 Å². The lowest BCUT2D eigenvalue weighted by Gasteiger charge is -2.49. The van der Waals surface area contributed by atoms with Gasteiger partial charge in [0.1, 0.15) is 12.4 Å². The summed E-state index contributed by atoms with van der Waals surface area (Å²) in [5.74, 6) is 3.23. The molecule has 4 aromatic carbocycles. The minimum atomic E-state index is 0.299. The summed E-state index contributed by atoms with van der Waals surface area (Å²) in [6.07, 6.45) is 6.34. The molecule has 0 spiro atoms. The van der Waals surface area contributed by atoms with Crippen LogP contribution in [0.2, 0.25) is 0 Å². The minimum Gasteiger partial charge on any atom is -0.489 e. The van der Waals surface area contributed by atoms with Crippen LogP contribution in [-0.4, -0.2) is 0 Å². The first kappa shape index (κ1) is 21.9. The van der Waals surface area contributed by atoms with E-state index < -0.39 is 0 Å². The Morgan fingerprint density at radius 2 is 1.73 bits per heavy atom. The van der Waals surface area contributed by atoms with Gasteiger partial charge in [0, 0.05) is 20.2 Å². The van der Waals surface area contributed by atoms with E-state index in [4.69, 9.17) is 4.74 Å². The fraction of sp³-hybridized carbons (Fsp3) is 0.314. The van der Waals surface area contributed by atoms with Crippen molar-refractivity contribution in [2.75, 3.05) is 0 Å². The average Bonchev–Trinajstić information content (AvgIpc) is 3.47. The highest BCUT2D eigenvalue weighted by Gasteiger charge is 2.53. The molecule has 3 unspecified atom stereocenters. The summed E-state index contributed by atoms with van der Waals surface area (Å²) >= 11 is 2.03. The van der Waals surface area contributed by atoms with Crippen LogP contribution in [0.5, 0.6) is 5.75 Å². The largest absolute Gasteiger partial charge is 0.489 e. The van der Waals surface area contributed by atoms with E-state index in [1.54, 1.807) is 21.4 Å². The zero-order valence-electron chi connectivity index (χ0n) is 21.4. The predicted octanol–water partition coefficient (Wildman–Crippen LogP) is 9.20. The molecule has 37 heavy (non-hydrogen) atoms. The Bertz CT molecular complexity index is 1650. The maximum absolute atomic E-state index is 6.19. The van der Waals surface area contributed by atoms with Crippen LogP contribution in [0.4, 0.5) is 0 Å². The number of aryl methyl sites for hydroxylation is 1. The van der Waals surface area contributed by atoms with Gasteiger partial charge in [-0.2, -0.15) is 0 Å². The Morgan fingerprint density at radius 1 is 0.865 bits per heavy atom. The third-order valence-corrected chi connectivity index (χ3v) is 11.2. The summed E-state index contributed by atoms with van der Waals surface area (Å²) in [6.45, 7) is 3.25. The highest BCUT2D eigenvalue weighted by Crippen LogP contribution is 2.62. The summed E-state index contributed by atoms with van der Waals surface area (Å²) in [7, 11) is 0. The van der Waals surface area contributed by atoms with Crippen LogP contribution < -0.4 is 4.74 Å². The summed E-state index contributed by atoms with van der Waals surface area (Å²) in [6, 6.07) is 31.3. The number of hydrogen-bond acceptors (Lipinski definition) is 2. The van der Waals surface area contributed by atoms with Gasteiger partial charge < -0.3 is 4.74 Å². The van der Waals surface area contributed by atoms with Gasteiger partial charge in [-0.15, -0.1) is 11.3 Å². The Balaban J connectivity index is 1.11. The van der Waals surface area contributed by atoms with E-state index in [1.807, 2.05) is 11.3 Å². The van der Waals surface area contributed by atoms with Crippen molar-refractivity contribution in [2.24, 2.45) is 11.8 Å². The molecule has 3 aliphatic rings. The van der Waals surface area contributed by atoms with E-state index in [9.17, 15) is 0 Å². The normalized spacial score (nSPS) is 25.9. The zero-order valence-corrected chi connectivity index (χ0v) is 22.2. The maximum Gasteiger partial charge on any atom is 0.120 e. The van der Waals surface area contributed by atoms with E-state index in [1.165, 1.54) is 58.7 Å². The van der Waals surface area contributed by atoms with Crippen molar-refractivity contribution in [3.8, 4) is 5.75 Å². The first-order valence-electron chi connectivity index (χ1n) is 13.9. The lowest BCUT2D eigenvalue weighted by molar-refractivity contribution is 0.106. The topological polar surface area (TPSA) is 9.23 Å². The number of thiophene rings is 1. The smallest absolute Gasteiger partial charge is 0.120 e. The van der Waals surface area contributed by atoms with Crippen LogP contribution in [0.25, 0.3) is 20.2 Å². The van der Waals surface area contributed by atoms with E-state index in [0.717, 1.165) is 17.6 Å². The average molecular weight is 501 g/mol. The lowest BCUT2D eigenvalue weighted by Crippen LogP contribution is -2.43. The SMILES string of the molecule is C[C@]12CCC3c4ccc(OCc5ccccc5)cc4CCC3C1Cc1ccc3c(sc4ccccc43)c12. The van der Waals surface area contributed by atoms with Crippen molar-refractivity contribution in [1.82, 2.24) is 0 Å². The van der Waals surface area contributed by atoms with E-state index in [2.05, 4.69) is 91.9 Å². The fourth-order valence-corrected chi connectivity index (χ4v) is 9.67. The first-order chi connectivity index (χ1) is 18.2. The van der Waals surface area contributed by atoms with Gasteiger partial charge in [0.25, 0.3) is 0 Å². The van der Waals surface area contributed by atoms with Gasteiger partial charge in [0.15, 0.2) is 0 Å². The van der Waals surface area contributed by atoms with Gasteiger partial charge in [-0.05, 0) is 101 Å². The van der Waals surface area contributed by atoms with Crippen molar-refractivity contribution >= 4 is 31.5 Å². The van der Waals surface area contributed by atoms with E-state index in [0.29, 0.717) is 17.9 Å². The van der Waals surface area contributed by atoms with Crippen LogP contribution in [-0.2, 0) is 24.9 Å². The minimum absolute atomic E-state index is 0.299. The molecular formula is C35H32OS. The molecule has 0 radical (unpaired) electrons. The maximum atomic E-state index is 6.19. The standard InChI is InChI=1S/C35H32OS/c1-35-18-17-27-26-16-13-25(36-21-22-7-3-2-4-8-22)19-23(26)11-14-28(27)31(35)20-24-12-15-30-29-9-5-6-10-32(29)37-34(30)33(24)35/h2-10,12-13,15-16,19,27-28,31H,11,14,17-18,20-21H2,1H3/t27?,28?,31?,35-/m0/s1. The van der Waals surface area contributed by atoms with Crippen molar-refractivity contribution in [3.05, 3.63) is 113 Å². The zero-order chi connectivity index (χ0) is 24.6. The quantitative estimate of drug-likeness (QED) is 0.240. The summed E-state index contributed by atoms with van der Waals surface area (Å²) in [5.41, 5.74) is 7.98. The molecule has 184 valence electrons. The predicted molar refractivity (Wildman–Crippen MR) is 155 cm³/mol. The molecule has 0 N–H and O–H groups in total. The van der Waals surface area contributed by atoms with Crippen LogP contribution in [0, 0.1) is 11.8 Å². The van der Waals surface area contributed by atoms with Gasteiger partial charge in [0.2, 0.25) is 0 Å². The van der Waals surface area contributed by atoms with Crippen LogP contribution in [0.3, 0.4) is 0 Å². The molecule has 1 nitrogen and oxygen atoms in total. The van der Waals surface area contributed by atoms with Crippen LogP contribution in [0.1, 0.15) is 59.9 Å². The van der Waals surface area contributed by atoms with Crippen molar-refractivity contribution < 1.29 is 4.74 Å². The molecule has 3 aliphatic carbocycles. The number of rotatable bonds is 3. The molecule has 1 heterocycles. The molecule has 8 rings (SSSR count). The number of fused-ring (bicyclic) bond motifs is 11. The fourth-order valence-electron chi connectivity index (χ4n) is 8.26. The molecule has 5 aromatic rings. The van der Waals surface area contributed by atoms with Gasteiger partial charge in [-0.3, -0.25) is 0 Å². The Kier molecular flexibility index (Phi) is 4.86. The first-order valence-corrected chi connectivity index (χ1v) is 14.7. The Hall–Kier alpha value is -3.10. The van der Waals surface area contributed by atoms with Crippen LogP contribution >= 0.6 is 11.3 Å². The van der Waals surface area contributed by atoms with E-state index >= 15 is 0 Å². The number of ether oxygens (including phenoxy) is 1. The number of benzene rings is 4. The third-order valence-electron chi connectivity index (χ3n) is 9.98. The molecular weight excluding hydrogens is 468 g/mol. The van der Waals surface area contributed by atoms with Crippen molar-refractivity contribution in [2.45, 2.75) is 57.0 Å². The van der Waals surface area contributed by atoms with E-state index in [-0.39, 0.29) is 0 Å². The molecule has 4 atom stereocenters. The molecule has 1 saturated carbocycles. The molecule has 0 aliphatic heterocycles. The second-order valence-corrected chi connectivity index (χ2v) is 12.8. The summed E-state index contributed by atoms with van der Waals surface area (Å²) < 4.78 is 9.19. The van der Waals surface area contributed by atoms with Gasteiger partial charge in [-0.25, -0.2) is 0 Å². The molecule has 0 saturated heterocycles. The highest BCUT2D eigenvalue weighted by atomic mass is 32.1. The van der Waals surface area contributed by atoms with Crippen molar-refractivity contribution in [1.29, 1.82) is 0 Å². The highest BCUT2D eigenvalue weighted by molar-refractivity contribution is 7.26. The molecule has 0 amide bonds. The molecule has 1 aromatic heterocycles. The summed E-state index contributed by atoms with van der Waals surface area (Å²) in [4.78, 5) is 0. The lowest BCUT2D eigenvalue weighted by atomic mass is 9.55. The van der Waals surface area contributed by atoms with Gasteiger partial charge >= 0.3 is 0 Å². The van der Waals surface area contributed by atoms with Crippen LogP contribution in [0.15, 0.2) is 84.9 Å². The Labute approximate surface area is 223 Å². The third kappa shape index (κ3) is 3.28. The Morgan fingerprint density at radius 3 is 2.65 bits per heavy atom.